The SMILES string of the molecule is [2H]C([2H])([2H])Oc1ccc2c(ccn2C([2H])([2H])[C@H](N(C([2H])([2H])[2H])C([2H])([2H])[2H])C([2H])([2H])[2H])c1. The molecule has 0 unspecified atom stereocenters. The molecule has 0 aliphatic rings. The molecule has 3 heteroatoms. The third kappa shape index (κ3) is 2.44. The average Bonchev–Trinajstić information content (AvgIpc) is 2.90. The van der Waals surface area contributed by atoms with Gasteiger partial charge in [0, 0.05) is 42.0 Å². The van der Waals surface area contributed by atoms with Crippen molar-refractivity contribution in [1.29, 1.82) is 0 Å². The van der Waals surface area contributed by atoms with E-state index < -0.39 is 40.4 Å². The van der Waals surface area contributed by atoms with Crippen LogP contribution in [-0.2, 0) is 6.50 Å². The molecule has 3 nitrogen and oxygen atoms in total. The fraction of sp³-hybridized carbons (Fsp3) is 0.429. The smallest absolute Gasteiger partial charge is 0.119 e. The molecule has 0 fully saturated rings. The van der Waals surface area contributed by atoms with Gasteiger partial charge in [-0.25, -0.2) is 0 Å². The summed E-state index contributed by atoms with van der Waals surface area (Å²) in [5.74, 6) is -0.0511. The first-order valence-corrected chi connectivity index (χ1v) is 4.76. The number of rotatable bonds is 4. The van der Waals surface area contributed by atoms with Gasteiger partial charge in [-0.05, 0) is 45.1 Å². The maximum absolute atomic E-state index is 8.47. The Morgan fingerprint density at radius 3 is 3.18 bits per heavy atom. The van der Waals surface area contributed by atoms with E-state index in [1.54, 1.807) is 0 Å². The lowest BCUT2D eigenvalue weighted by atomic mass is 10.2. The van der Waals surface area contributed by atoms with E-state index in [0.29, 0.717) is 0 Å². The monoisotopic (exact) mass is 246 g/mol. The summed E-state index contributed by atoms with van der Waals surface area (Å²) in [6.07, 6.45) is 1.12. The van der Waals surface area contributed by atoms with Crippen LogP contribution >= 0.6 is 0 Å². The second-order valence-electron chi connectivity index (χ2n) is 3.41. The van der Waals surface area contributed by atoms with Gasteiger partial charge in [0.15, 0.2) is 0 Å². The van der Waals surface area contributed by atoms with E-state index in [1.165, 1.54) is 24.3 Å². The molecule has 0 saturated carbocycles. The minimum absolute atomic E-state index is 0.0511. The lowest BCUT2D eigenvalue weighted by Gasteiger charge is -2.20. The summed E-state index contributed by atoms with van der Waals surface area (Å²) in [5.41, 5.74) is 0.0770. The highest BCUT2D eigenvalue weighted by Gasteiger charge is 2.08. The summed E-state index contributed by atoms with van der Waals surface area (Å²) >= 11 is 0. The molecule has 1 heterocycles. The number of hydrogen-bond acceptors (Lipinski definition) is 2. The van der Waals surface area contributed by atoms with Gasteiger partial charge in [-0.15, -0.1) is 0 Å². The fourth-order valence-corrected chi connectivity index (χ4v) is 1.49. The zero-order chi connectivity index (χ0) is 24.2. The van der Waals surface area contributed by atoms with Crippen LogP contribution in [0.4, 0.5) is 0 Å². The quantitative estimate of drug-likeness (QED) is 0.825. The van der Waals surface area contributed by atoms with Crippen LogP contribution in [0.2, 0.25) is 0 Å². The molecular weight excluding hydrogens is 212 g/mol. The van der Waals surface area contributed by atoms with Crippen molar-refractivity contribution >= 4 is 10.9 Å². The molecule has 1 atom stereocenters. The van der Waals surface area contributed by atoms with E-state index in [4.69, 9.17) is 23.9 Å². The Labute approximate surface area is 122 Å². The molecule has 0 spiro atoms. The predicted octanol–water partition coefficient (Wildman–Crippen LogP) is 2.60. The Hall–Kier alpha value is -1.48. The van der Waals surface area contributed by atoms with Gasteiger partial charge >= 0.3 is 0 Å². The van der Waals surface area contributed by atoms with E-state index in [9.17, 15) is 0 Å². The largest absolute Gasteiger partial charge is 0.497 e. The summed E-state index contributed by atoms with van der Waals surface area (Å²) in [6, 6.07) is 2.53. The van der Waals surface area contributed by atoms with Crippen molar-refractivity contribution < 1.29 is 23.9 Å². The Bertz CT molecular complexity index is 906. The first-order valence-electron chi connectivity index (χ1n) is 11.8. The Morgan fingerprint density at radius 2 is 2.41 bits per heavy atom. The minimum atomic E-state index is -3.44. The summed E-state index contributed by atoms with van der Waals surface area (Å²) in [7, 11) is -2.73. The van der Waals surface area contributed by atoms with Crippen LogP contribution in [0.1, 0.15) is 26.0 Å². The molecule has 0 bridgehead atoms. The number of hydrogen-bond donors (Lipinski definition) is 0. The number of nitrogens with zero attached hydrogens (tertiary/aromatic N) is 2. The average molecular weight is 246 g/mol. The van der Waals surface area contributed by atoms with Gasteiger partial charge < -0.3 is 14.2 Å². The van der Waals surface area contributed by atoms with Gasteiger partial charge in [0.2, 0.25) is 0 Å². The Balaban J connectivity index is 2.67. The molecule has 92 valence electrons. The van der Waals surface area contributed by atoms with Crippen molar-refractivity contribution in [3.8, 4) is 5.75 Å². The lowest BCUT2D eigenvalue weighted by Crippen LogP contribution is -2.28. The normalized spacial score (nSPS) is 29.2. The molecule has 0 N–H and O–H groups in total. The first-order chi connectivity index (χ1) is 13.7. The van der Waals surface area contributed by atoms with Crippen LogP contribution in [0.5, 0.6) is 5.75 Å². The van der Waals surface area contributed by atoms with Crippen LogP contribution in [0.25, 0.3) is 10.9 Å². The van der Waals surface area contributed by atoms with Gasteiger partial charge in [0.25, 0.3) is 0 Å². The van der Waals surface area contributed by atoms with Gasteiger partial charge in [-0.2, -0.15) is 0 Å². The van der Waals surface area contributed by atoms with Crippen LogP contribution < -0.4 is 4.74 Å². The third-order valence-electron chi connectivity index (χ3n) is 2.30. The van der Waals surface area contributed by atoms with E-state index in [-0.39, 0.29) is 21.6 Å². The van der Waals surface area contributed by atoms with Crippen LogP contribution in [0.15, 0.2) is 30.5 Å². The molecule has 2 aromatic rings. The molecule has 2 rings (SSSR count). The van der Waals surface area contributed by atoms with Crippen molar-refractivity contribution in [2.75, 3.05) is 21.0 Å². The number of likely N-dealkylation sites (N-methyl/N-ethyl adjacent to an activating group) is 1. The van der Waals surface area contributed by atoms with Gasteiger partial charge in [-0.3, -0.25) is 0 Å². The number of benzene rings is 1. The van der Waals surface area contributed by atoms with E-state index in [1.807, 2.05) is 0 Å². The van der Waals surface area contributed by atoms with Crippen LogP contribution in [-0.4, -0.2) is 36.5 Å². The number of methoxy groups -OCH3 is 1. The highest BCUT2D eigenvalue weighted by atomic mass is 16.5. The van der Waals surface area contributed by atoms with Gasteiger partial charge in [0.05, 0.1) is 13.9 Å². The first kappa shape index (κ1) is 3.51. The minimum Gasteiger partial charge on any atom is -0.497 e. The number of fused-ring (bicyclic) bond motifs is 1. The van der Waals surface area contributed by atoms with Crippen molar-refractivity contribution in [1.82, 2.24) is 9.47 Å². The summed E-state index contributed by atoms with van der Waals surface area (Å²) < 4.78 is 112. The van der Waals surface area contributed by atoms with Crippen molar-refractivity contribution in [2.45, 2.75) is 19.4 Å². The second kappa shape index (κ2) is 4.80. The standard InChI is InChI=1S/C14H20N2O/c1-11(15(2)3)10-16-8-7-12-9-13(17-4)5-6-14(12)16/h5-9,11H,10H2,1-4H3/t11-/m1/s1/i1D3,2D3,3D3,4D3,10D2. The fourth-order valence-electron chi connectivity index (χ4n) is 1.49. The predicted molar refractivity (Wildman–Crippen MR) is 71.6 cm³/mol. The number of ether oxygens (including phenoxy) is 1. The molecule has 0 aliphatic carbocycles. The summed E-state index contributed by atoms with van der Waals surface area (Å²) in [5, 5.41) is 0.268. The molecule has 17 heavy (non-hydrogen) atoms. The van der Waals surface area contributed by atoms with Gasteiger partial charge in [-0.1, -0.05) is 0 Å². The lowest BCUT2D eigenvalue weighted by molar-refractivity contribution is 0.286. The molecule has 0 saturated heterocycles. The van der Waals surface area contributed by atoms with Crippen molar-refractivity contribution in [3.63, 3.8) is 0 Å². The zero-order valence-corrected chi connectivity index (χ0v) is 8.77. The van der Waals surface area contributed by atoms with Crippen molar-refractivity contribution in [2.24, 2.45) is 0 Å². The highest BCUT2D eigenvalue weighted by molar-refractivity contribution is 5.81. The Morgan fingerprint density at radius 1 is 1.47 bits per heavy atom. The summed E-state index contributed by atoms with van der Waals surface area (Å²) in [6.45, 7) is -13.3. The molecule has 0 aliphatic heterocycles. The third-order valence-corrected chi connectivity index (χ3v) is 2.30. The van der Waals surface area contributed by atoms with E-state index in [2.05, 4.69) is 0 Å². The molecule has 0 amide bonds. The zero-order valence-electron chi connectivity index (χ0n) is 22.8. The van der Waals surface area contributed by atoms with Crippen molar-refractivity contribution in [3.05, 3.63) is 30.5 Å². The Kier molecular flexibility index (Phi) is 0.991. The van der Waals surface area contributed by atoms with E-state index in [0.717, 1.165) is 10.8 Å². The molecule has 1 aromatic carbocycles. The van der Waals surface area contributed by atoms with Gasteiger partial charge in [0.1, 0.15) is 5.75 Å². The van der Waals surface area contributed by atoms with E-state index >= 15 is 0 Å². The maximum Gasteiger partial charge on any atom is 0.119 e. The summed E-state index contributed by atoms with van der Waals surface area (Å²) in [4.78, 5) is -0.287. The second-order valence-corrected chi connectivity index (χ2v) is 3.41. The maximum atomic E-state index is 8.47. The van der Waals surface area contributed by atoms with Crippen LogP contribution in [0, 0.1) is 0 Å². The number of aromatic nitrogens is 1. The highest BCUT2D eigenvalue weighted by Crippen LogP contribution is 2.22. The molecule has 0 radical (unpaired) electrons. The van der Waals surface area contributed by atoms with Crippen LogP contribution in [0.3, 0.4) is 0 Å². The molecular formula is C14H20N2O. The topological polar surface area (TPSA) is 17.4 Å². The molecule has 1 aromatic heterocycles.